The van der Waals surface area contributed by atoms with E-state index in [1.54, 1.807) is 0 Å². The Hall–Kier alpha value is -0.650. The molecule has 0 fully saturated rings. The molecule has 0 atom stereocenters. The normalized spacial score (nSPS) is 11.2. The maximum Gasteiger partial charge on any atom is 0.234 e. The lowest BCUT2D eigenvalue weighted by atomic mass is 10.4. The van der Waals surface area contributed by atoms with E-state index in [-0.39, 0.29) is 18.6 Å². The maximum absolute atomic E-state index is 11.5. The van der Waals surface area contributed by atoms with E-state index in [1.165, 1.54) is 0 Å². The largest absolute Gasteiger partial charge is 0.396 e. The Morgan fingerprint density at radius 1 is 1.41 bits per heavy atom. The zero-order valence-corrected chi connectivity index (χ0v) is 11.2. The molecule has 0 radical (unpaired) electrons. The molecule has 5 nitrogen and oxygen atoms in total. The molecule has 1 amide bonds. The Morgan fingerprint density at radius 2 is 2.12 bits per heavy atom. The summed E-state index contributed by atoms with van der Waals surface area (Å²) >= 11 is 0. The summed E-state index contributed by atoms with van der Waals surface area (Å²) in [5, 5.41) is 11.5. The topological polar surface area (TPSA) is 61.8 Å². The molecule has 2 N–H and O–H groups in total. The van der Waals surface area contributed by atoms with Crippen molar-refractivity contribution in [1.29, 1.82) is 0 Å². The molecule has 0 aliphatic carbocycles. The van der Waals surface area contributed by atoms with Gasteiger partial charge in [0, 0.05) is 26.3 Å². The molecular formula is C12H26N2O3. The number of carbonyl (C=O) groups excluding carboxylic acids is 1. The number of likely N-dealkylation sites (N-methyl/N-ethyl adjacent to an activating group) is 1. The Kier molecular flexibility index (Phi) is 10.1. The third-order valence-corrected chi connectivity index (χ3v) is 2.21. The van der Waals surface area contributed by atoms with Crippen LogP contribution < -0.4 is 5.32 Å². The number of hydrogen-bond acceptors (Lipinski definition) is 4. The fourth-order valence-electron chi connectivity index (χ4n) is 1.34. The number of amides is 1. The van der Waals surface area contributed by atoms with Crippen LogP contribution in [-0.4, -0.2) is 61.9 Å². The van der Waals surface area contributed by atoms with E-state index >= 15 is 0 Å². The van der Waals surface area contributed by atoms with Gasteiger partial charge in [-0.25, -0.2) is 0 Å². The summed E-state index contributed by atoms with van der Waals surface area (Å²) in [4.78, 5) is 13.4. The number of hydrogen-bond donors (Lipinski definition) is 2. The minimum absolute atomic E-state index is 0.0231. The average molecular weight is 246 g/mol. The van der Waals surface area contributed by atoms with E-state index in [1.807, 2.05) is 25.8 Å². The van der Waals surface area contributed by atoms with Crippen LogP contribution in [0.1, 0.15) is 26.7 Å². The monoisotopic (exact) mass is 246 g/mol. The van der Waals surface area contributed by atoms with Crippen molar-refractivity contribution in [2.45, 2.75) is 32.8 Å². The van der Waals surface area contributed by atoms with E-state index < -0.39 is 0 Å². The summed E-state index contributed by atoms with van der Waals surface area (Å²) in [6.45, 7) is 6.60. The van der Waals surface area contributed by atoms with Gasteiger partial charge in [-0.2, -0.15) is 0 Å². The van der Waals surface area contributed by atoms with Crippen molar-refractivity contribution in [1.82, 2.24) is 10.2 Å². The van der Waals surface area contributed by atoms with Crippen LogP contribution in [-0.2, 0) is 9.53 Å². The second-order valence-electron chi connectivity index (χ2n) is 4.44. The zero-order valence-electron chi connectivity index (χ0n) is 11.2. The van der Waals surface area contributed by atoms with E-state index in [2.05, 4.69) is 5.32 Å². The van der Waals surface area contributed by atoms with Crippen LogP contribution in [0.3, 0.4) is 0 Å². The molecule has 0 aromatic carbocycles. The zero-order chi connectivity index (χ0) is 13.1. The highest BCUT2D eigenvalue weighted by molar-refractivity contribution is 5.77. The first-order valence-corrected chi connectivity index (χ1v) is 6.24. The standard InChI is InChI=1S/C12H26N2O3/c1-11(2)17-9-4-6-13-12(16)10-14(3)7-5-8-15/h11,15H,4-10H2,1-3H3,(H,13,16). The van der Waals surface area contributed by atoms with Gasteiger partial charge < -0.3 is 15.2 Å². The van der Waals surface area contributed by atoms with Crippen LogP contribution in [0.4, 0.5) is 0 Å². The number of aliphatic hydroxyl groups is 1. The summed E-state index contributed by atoms with van der Waals surface area (Å²) in [7, 11) is 1.87. The van der Waals surface area contributed by atoms with Crippen LogP contribution in [0.25, 0.3) is 0 Å². The molecule has 0 spiro atoms. The smallest absolute Gasteiger partial charge is 0.234 e. The molecular weight excluding hydrogens is 220 g/mol. The first kappa shape index (κ1) is 16.4. The number of aliphatic hydroxyl groups excluding tert-OH is 1. The van der Waals surface area contributed by atoms with Gasteiger partial charge in [0.25, 0.3) is 0 Å². The van der Waals surface area contributed by atoms with Gasteiger partial charge in [-0.15, -0.1) is 0 Å². The molecule has 0 heterocycles. The first-order valence-electron chi connectivity index (χ1n) is 6.24. The maximum atomic E-state index is 11.5. The highest BCUT2D eigenvalue weighted by atomic mass is 16.5. The van der Waals surface area contributed by atoms with E-state index in [9.17, 15) is 4.79 Å². The van der Waals surface area contributed by atoms with Crippen LogP contribution >= 0.6 is 0 Å². The van der Waals surface area contributed by atoms with Crippen LogP contribution in [0.5, 0.6) is 0 Å². The van der Waals surface area contributed by atoms with Gasteiger partial charge in [0.15, 0.2) is 0 Å². The van der Waals surface area contributed by atoms with E-state index in [0.717, 1.165) is 13.0 Å². The molecule has 102 valence electrons. The Morgan fingerprint density at radius 3 is 2.71 bits per heavy atom. The predicted octanol–water partition coefficient (Wildman–Crippen LogP) is 0.232. The minimum atomic E-state index is 0.0231. The number of carbonyl (C=O) groups is 1. The second kappa shape index (κ2) is 10.5. The molecule has 17 heavy (non-hydrogen) atoms. The number of rotatable bonds is 10. The van der Waals surface area contributed by atoms with Gasteiger partial charge in [-0.05, 0) is 33.7 Å². The van der Waals surface area contributed by atoms with E-state index in [4.69, 9.17) is 9.84 Å². The Labute approximate surface area is 104 Å². The van der Waals surface area contributed by atoms with Gasteiger partial charge in [0.1, 0.15) is 0 Å². The molecule has 0 aliphatic rings. The highest BCUT2D eigenvalue weighted by Gasteiger charge is 2.05. The predicted molar refractivity (Wildman–Crippen MR) is 67.9 cm³/mol. The fraction of sp³-hybridized carbons (Fsp3) is 0.917. The summed E-state index contributed by atoms with van der Waals surface area (Å²) in [6, 6.07) is 0. The minimum Gasteiger partial charge on any atom is -0.396 e. The average Bonchev–Trinajstić information content (AvgIpc) is 2.25. The molecule has 0 bridgehead atoms. The van der Waals surface area contributed by atoms with Crippen molar-refractivity contribution in [3.63, 3.8) is 0 Å². The lowest BCUT2D eigenvalue weighted by molar-refractivity contribution is -0.122. The number of nitrogens with one attached hydrogen (secondary N) is 1. The lowest BCUT2D eigenvalue weighted by Gasteiger charge is -2.15. The summed E-state index contributed by atoms with van der Waals surface area (Å²) in [6.07, 6.45) is 1.78. The van der Waals surface area contributed by atoms with Crippen molar-refractivity contribution in [3.8, 4) is 0 Å². The van der Waals surface area contributed by atoms with Gasteiger partial charge in [0.05, 0.1) is 12.6 Å². The summed E-state index contributed by atoms with van der Waals surface area (Å²) in [5.41, 5.74) is 0. The van der Waals surface area contributed by atoms with E-state index in [0.29, 0.717) is 26.1 Å². The number of nitrogens with zero attached hydrogens (tertiary/aromatic N) is 1. The van der Waals surface area contributed by atoms with Crippen molar-refractivity contribution in [2.75, 3.05) is 39.9 Å². The van der Waals surface area contributed by atoms with Gasteiger partial charge >= 0.3 is 0 Å². The number of ether oxygens (including phenoxy) is 1. The first-order chi connectivity index (χ1) is 8.06. The van der Waals surface area contributed by atoms with Crippen molar-refractivity contribution in [2.24, 2.45) is 0 Å². The molecule has 0 rings (SSSR count). The van der Waals surface area contributed by atoms with Crippen molar-refractivity contribution < 1.29 is 14.6 Å². The van der Waals surface area contributed by atoms with Gasteiger partial charge in [-0.1, -0.05) is 0 Å². The Balaban J connectivity index is 3.39. The van der Waals surface area contributed by atoms with Crippen LogP contribution in [0.2, 0.25) is 0 Å². The quantitative estimate of drug-likeness (QED) is 0.542. The third kappa shape index (κ3) is 11.6. The van der Waals surface area contributed by atoms with Gasteiger partial charge in [0.2, 0.25) is 5.91 Å². The molecule has 0 aromatic rings. The van der Waals surface area contributed by atoms with Crippen molar-refractivity contribution >= 4 is 5.91 Å². The molecule has 5 heteroatoms. The molecule has 0 aliphatic heterocycles. The second-order valence-corrected chi connectivity index (χ2v) is 4.44. The molecule has 0 saturated carbocycles. The van der Waals surface area contributed by atoms with Crippen LogP contribution in [0.15, 0.2) is 0 Å². The highest BCUT2D eigenvalue weighted by Crippen LogP contribution is 1.90. The SMILES string of the molecule is CC(C)OCCCNC(=O)CN(C)CCCO. The third-order valence-electron chi connectivity index (χ3n) is 2.21. The van der Waals surface area contributed by atoms with Gasteiger partial charge in [-0.3, -0.25) is 9.69 Å². The fourth-order valence-corrected chi connectivity index (χ4v) is 1.34. The molecule has 0 unspecified atom stereocenters. The molecule has 0 saturated heterocycles. The van der Waals surface area contributed by atoms with Crippen LogP contribution in [0, 0.1) is 0 Å². The summed E-state index contributed by atoms with van der Waals surface area (Å²) in [5.74, 6) is 0.0231. The van der Waals surface area contributed by atoms with Crippen molar-refractivity contribution in [3.05, 3.63) is 0 Å². The lowest BCUT2D eigenvalue weighted by Crippen LogP contribution is -2.36. The Bertz CT molecular complexity index is 198. The molecule has 0 aromatic heterocycles. The summed E-state index contributed by atoms with van der Waals surface area (Å²) < 4.78 is 5.37.